The number of hydrogen-bond donors (Lipinski definition) is 0. The Hall–Kier alpha value is -3.66. The van der Waals surface area contributed by atoms with Crippen molar-refractivity contribution in [3.05, 3.63) is 82.9 Å². The van der Waals surface area contributed by atoms with Gasteiger partial charge in [0.2, 0.25) is 0 Å². The number of hydrogen-bond acceptors (Lipinski definition) is 4. The Morgan fingerprint density at radius 3 is 1.13 bits per heavy atom. The highest BCUT2D eigenvalue weighted by molar-refractivity contribution is 5.79. The Labute approximate surface area is 178 Å². The molecule has 0 radical (unpaired) electrons. The van der Waals surface area contributed by atoms with E-state index < -0.39 is 0 Å². The van der Waals surface area contributed by atoms with Crippen molar-refractivity contribution >= 4 is 24.3 Å². The average Bonchev–Trinajstić information content (AvgIpc) is 2.81. The van der Waals surface area contributed by atoms with E-state index in [9.17, 15) is 0 Å². The first kappa shape index (κ1) is 21.1. The van der Waals surface area contributed by atoms with Gasteiger partial charge in [-0.1, -0.05) is 48.6 Å². The second kappa shape index (κ2) is 10.2. The van der Waals surface area contributed by atoms with Crippen LogP contribution in [0.2, 0.25) is 0 Å². The van der Waals surface area contributed by atoms with Crippen LogP contribution in [0.1, 0.15) is 22.3 Å². The second-order valence-corrected chi connectivity index (χ2v) is 6.55. The number of ether oxygens (including phenoxy) is 4. The van der Waals surface area contributed by atoms with Crippen LogP contribution in [0.3, 0.4) is 0 Å². The van der Waals surface area contributed by atoms with Gasteiger partial charge in [-0.15, -0.1) is 0 Å². The third-order valence-electron chi connectivity index (χ3n) is 4.72. The SMILES string of the molecule is COc1ccc(/C=C/c2cc(OC)c(/C=C/c3ccc(OC)cc3)cc2OC)cc1. The molecule has 0 bridgehead atoms. The molecule has 0 amide bonds. The van der Waals surface area contributed by atoms with Gasteiger partial charge >= 0.3 is 0 Å². The molecule has 0 N–H and O–H groups in total. The fourth-order valence-corrected chi connectivity index (χ4v) is 3.01. The minimum absolute atomic E-state index is 0.773. The molecule has 4 heteroatoms. The molecule has 0 saturated heterocycles. The molecule has 0 aromatic heterocycles. The van der Waals surface area contributed by atoms with Crippen LogP contribution in [0.4, 0.5) is 0 Å². The maximum Gasteiger partial charge on any atom is 0.126 e. The Morgan fingerprint density at radius 2 is 0.833 bits per heavy atom. The van der Waals surface area contributed by atoms with Crippen LogP contribution in [-0.4, -0.2) is 28.4 Å². The van der Waals surface area contributed by atoms with Crippen molar-refractivity contribution in [2.45, 2.75) is 0 Å². The van der Waals surface area contributed by atoms with Crippen molar-refractivity contribution in [2.75, 3.05) is 28.4 Å². The average molecular weight is 402 g/mol. The lowest BCUT2D eigenvalue weighted by Gasteiger charge is -2.11. The number of benzene rings is 3. The van der Waals surface area contributed by atoms with Crippen LogP contribution < -0.4 is 18.9 Å². The summed E-state index contributed by atoms with van der Waals surface area (Å²) in [5.41, 5.74) is 4.01. The van der Waals surface area contributed by atoms with E-state index in [0.29, 0.717) is 0 Å². The van der Waals surface area contributed by atoms with Gasteiger partial charge in [-0.3, -0.25) is 0 Å². The zero-order valence-electron chi connectivity index (χ0n) is 17.7. The van der Waals surface area contributed by atoms with Crippen molar-refractivity contribution in [1.29, 1.82) is 0 Å². The summed E-state index contributed by atoms with van der Waals surface area (Å²) in [6, 6.07) is 19.7. The van der Waals surface area contributed by atoms with Gasteiger partial charge < -0.3 is 18.9 Å². The molecule has 154 valence electrons. The Balaban J connectivity index is 1.86. The Kier molecular flexibility index (Phi) is 7.17. The molecule has 0 heterocycles. The van der Waals surface area contributed by atoms with E-state index in [2.05, 4.69) is 0 Å². The number of rotatable bonds is 8. The van der Waals surface area contributed by atoms with E-state index >= 15 is 0 Å². The first-order chi connectivity index (χ1) is 14.7. The first-order valence-electron chi connectivity index (χ1n) is 9.57. The largest absolute Gasteiger partial charge is 0.497 e. The summed E-state index contributed by atoms with van der Waals surface area (Å²) in [5, 5.41) is 0. The normalized spacial score (nSPS) is 11.1. The zero-order valence-corrected chi connectivity index (χ0v) is 17.7. The van der Waals surface area contributed by atoms with Gasteiger partial charge in [0.05, 0.1) is 28.4 Å². The lowest BCUT2D eigenvalue weighted by atomic mass is 10.1. The molecule has 3 aromatic carbocycles. The smallest absolute Gasteiger partial charge is 0.126 e. The molecular formula is C26H26O4. The van der Waals surface area contributed by atoms with Gasteiger partial charge in [0, 0.05) is 11.1 Å². The highest BCUT2D eigenvalue weighted by Gasteiger charge is 2.08. The summed E-state index contributed by atoms with van der Waals surface area (Å²) >= 11 is 0. The highest BCUT2D eigenvalue weighted by atomic mass is 16.5. The molecule has 0 aliphatic heterocycles. The van der Waals surface area contributed by atoms with Crippen LogP contribution in [0.5, 0.6) is 23.0 Å². The molecule has 3 aromatic rings. The van der Waals surface area contributed by atoms with Crippen molar-refractivity contribution in [3.8, 4) is 23.0 Å². The summed E-state index contributed by atoms with van der Waals surface area (Å²) in [7, 11) is 6.66. The van der Waals surface area contributed by atoms with Gasteiger partial charge in [-0.2, -0.15) is 0 Å². The third-order valence-corrected chi connectivity index (χ3v) is 4.72. The zero-order chi connectivity index (χ0) is 21.3. The molecule has 30 heavy (non-hydrogen) atoms. The van der Waals surface area contributed by atoms with Crippen molar-refractivity contribution in [1.82, 2.24) is 0 Å². The Bertz CT molecular complexity index is 931. The summed E-state index contributed by atoms with van der Waals surface area (Å²) in [6.07, 6.45) is 8.09. The predicted octanol–water partition coefficient (Wildman–Crippen LogP) is 6.06. The summed E-state index contributed by atoms with van der Waals surface area (Å²) in [4.78, 5) is 0. The van der Waals surface area contributed by atoms with Crippen molar-refractivity contribution in [2.24, 2.45) is 0 Å². The van der Waals surface area contributed by atoms with E-state index in [0.717, 1.165) is 45.3 Å². The lowest BCUT2D eigenvalue weighted by Crippen LogP contribution is -1.93. The standard InChI is InChI=1S/C26H26O4/c1-27-23-13-7-19(8-14-23)5-11-21-17-26(30-4)22(18-25(21)29-3)12-6-20-9-15-24(28-2)16-10-20/h5-18H,1-4H3/b11-5+,12-6+. The van der Waals surface area contributed by atoms with Gasteiger partial charge in [-0.05, 0) is 47.5 Å². The predicted molar refractivity (Wildman–Crippen MR) is 123 cm³/mol. The van der Waals surface area contributed by atoms with Crippen LogP contribution in [0.15, 0.2) is 60.7 Å². The highest BCUT2D eigenvalue weighted by Crippen LogP contribution is 2.32. The van der Waals surface area contributed by atoms with Gasteiger partial charge in [-0.25, -0.2) is 0 Å². The lowest BCUT2D eigenvalue weighted by molar-refractivity contribution is 0.401. The molecular weight excluding hydrogens is 376 g/mol. The van der Waals surface area contributed by atoms with E-state index in [1.807, 2.05) is 85.0 Å². The third kappa shape index (κ3) is 5.23. The fourth-order valence-electron chi connectivity index (χ4n) is 3.01. The molecule has 0 unspecified atom stereocenters. The Morgan fingerprint density at radius 1 is 0.467 bits per heavy atom. The summed E-state index contributed by atoms with van der Waals surface area (Å²) < 4.78 is 21.6. The monoisotopic (exact) mass is 402 g/mol. The van der Waals surface area contributed by atoms with Gasteiger partial charge in [0.25, 0.3) is 0 Å². The number of methoxy groups -OCH3 is 4. The molecule has 0 saturated carbocycles. The molecule has 4 nitrogen and oxygen atoms in total. The molecule has 0 aliphatic rings. The molecule has 0 atom stereocenters. The summed E-state index contributed by atoms with van der Waals surface area (Å²) in [5.74, 6) is 3.21. The molecule has 0 fully saturated rings. The van der Waals surface area contributed by atoms with E-state index in [-0.39, 0.29) is 0 Å². The van der Waals surface area contributed by atoms with Crippen molar-refractivity contribution in [3.63, 3.8) is 0 Å². The van der Waals surface area contributed by atoms with E-state index in [1.54, 1.807) is 28.4 Å². The maximum absolute atomic E-state index is 5.62. The quantitative estimate of drug-likeness (QED) is 0.429. The van der Waals surface area contributed by atoms with Crippen LogP contribution in [-0.2, 0) is 0 Å². The van der Waals surface area contributed by atoms with E-state index in [4.69, 9.17) is 18.9 Å². The molecule has 0 spiro atoms. The van der Waals surface area contributed by atoms with Gasteiger partial charge in [0.15, 0.2) is 0 Å². The second-order valence-electron chi connectivity index (χ2n) is 6.55. The van der Waals surface area contributed by atoms with Gasteiger partial charge in [0.1, 0.15) is 23.0 Å². The first-order valence-corrected chi connectivity index (χ1v) is 9.57. The van der Waals surface area contributed by atoms with Crippen LogP contribution in [0.25, 0.3) is 24.3 Å². The molecule has 3 rings (SSSR count). The van der Waals surface area contributed by atoms with Crippen LogP contribution in [0, 0.1) is 0 Å². The maximum atomic E-state index is 5.62. The van der Waals surface area contributed by atoms with Crippen LogP contribution >= 0.6 is 0 Å². The summed E-state index contributed by atoms with van der Waals surface area (Å²) in [6.45, 7) is 0. The molecule has 0 aliphatic carbocycles. The minimum atomic E-state index is 0.773. The fraction of sp³-hybridized carbons (Fsp3) is 0.154. The topological polar surface area (TPSA) is 36.9 Å². The van der Waals surface area contributed by atoms with Crippen molar-refractivity contribution < 1.29 is 18.9 Å². The minimum Gasteiger partial charge on any atom is -0.497 e. The van der Waals surface area contributed by atoms with E-state index in [1.165, 1.54) is 0 Å².